The summed E-state index contributed by atoms with van der Waals surface area (Å²) >= 11 is 0. The highest BCUT2D eigenvalue weighted by molar-refractivity contribution is 5.23. The van der Waals surface area contributed by atoms with Gasteiger partial charge < -0.3 is 10.2 Å². The van der Waals surface area contributed by atoms with Crippen LogP contribution in [-0.2, 0) is 26.2 Å². The van der Waals surface area contributed by atoms with E-state index in [0.717, 1.165) is 37.6 Å². The monoisotopic (exact) mass is 457 g/mol. The molecule has 1 saturated heterocycles. The van der Waals surface area contributed by atoms with Crippen molar-refractivity contribution in [1.29, 1.82) is 0 Å². The lowest BCUT2D eigenvalue weighted by molar-refractivity contribution is 0.0732. The number of piperidine rings is 1. The predicted molar refractivity (Wildman–Crippen MR) is 139 cm³/mol. The normalized spacial score (nSPS) is 17.7. The van der Waals surface area contributed by atoms with Crippen LogP contribution in [-0.4, -0.2) is 45.9 Å². The van der Waals surface area contributed by atoms with E-state index in [0.29, 0.717) is 12.0 Å². The molecule has 1 N–H and O–H groups in total. The molecular weight excluding hydrogens is 418 g/mol. The first-order valence-electron chi connectivity index (χ1n) is 12.7. The number of pyridine rings is 2. The average molecular weight is 458 g/mol. The smallest absolute Gasteiger partial charge is 0.0544 e. The molecule has 2 unspecified atom stereocenters. The molecule has 2 aromatic heterocycles. The molecule has 4 rings (SSSR count). The van der Waals surface area contributed by atoms with Crippen LogP contribution in [0.4, 0.5) is 0 Å². The highest BCUT2D eigenvalue weighted by Crippen LogP contribution is 2.27. The van der Waals surface area contributed by atoms with Crippen molar-refractivity contribution in [2.45, 2.75) is 58.4 Å². The van der Waals surface area contributed by atoms with Gasteiger partial charge in [0.2, 0.25) is 0 Å². The molecule has 3 aromatic rings. The van der Waals surface area contributed by atoms with Gasteiger partial charge in [0.1, 0.15) is 0 Å². The van der Waals surface area contributed by atoms with Crippen molar-refractivity contribution in [2.75, 3.05) is 20.1 Å². The first kappa shape index (κ1) is 24.5. The lowest BCUT2D eigenvalue weighted by Crippen LogP contribution is -2.46. The van der Waals surface area contributed by atoms with Gasteiger partial charge in [0, 0.05) is 51.2 Å². The Morgan fingerprint density at radius 3 is 2.26 bits per heavy atom. The maximum absolute atomic E-state index is 4.64. The number of benzene rings is 1. The Kier molecular flexibility index (Phi) is 9.19. The van der Waals surface area contributed by atoms with E-state index in [-0.39, 0.29) is 0 Å². The number of nitrogens with one attached hydrogen (secondary N) is 1. The molecule has 0 saturated carbocycles. The zero-order chi connectivity index (χ0) is 23.6. The van der Waals surface area contributed by atoms with E-state index in [1.807, 2.05) is 30.6 Å². The van der Waals surface area contributed by atoms with Crippen molar-refractivity contribution in [2.24, 2.45) is 5.92 Å². The summed E-state index contributed by atoms with van der Waals surface area (Å²) in [5.41, 5.74) is 4.90. The second-order valence-corrected chi connectivity index (χ2v) is 9.61. The molecule has 5 nitrogen and oxygen atoms in total. The van der Waals surface area contributed by atoms with Crippen molar-refractivity contribution in [1.82, 2.24) is 25.1 Å². The summed E-state index contributed by atoms with van der Waals surface area (Å²) in [5, 5.41) is 3.50. The molecule has 1 aromatic carbocycles. The molecule has 0 spiro atoms. The highest BCUT2D eigenvalue weighted by atomic mass is 15.2. The van der Waals surface area contributed by atoms with Crippen molar-refractivity contribution in [3.63, 3.8) is 0 Å². The summed E-state index contributed by atoms with van der Waals surface area (Å²) in [6.07, 6.45) is 7.55. The Morgan fingerprint density at radius 2 is 1.62 bits per heavy atom. The second kappa shape index (κ2) is 12.7. The van der Waals surface area contributed by atoms with Gasteiger partial charge in [0.15, 0.2) is 0 Å². The van der Waals surface area contributed by atoms with Crippen molar-refractivity contribution in [3.05, 3.63) is 95.6 Å². The van der Waals surface area contributed by atoms with Gasteiger partial charge in [-0.15, -0.1) is 0 Å². The summed E-state index contributed by atoms with van der Waals surface area (Å²) in [6.45, 7) is 8.25. The number of nitrogens with zero attached hydrogens (tertiary/aromatic N) is 4. The molecular formula is C29H39N5. The molecule has 180 valence electrons. The fourth-order valence-electron chi connectivity index (χ4n) is 5.23. The van der Waals surface area contributed by atoms with Crippen molar-refractivity contribution in [3.8, 4) is 0 Å². The Balaban J connectivity index is 1.41. The minimum Gasteiger partial charge on any atom is -0.307 e. The van der Waals surface area contributed by atoms with E-state index < -0.39 is 0 Å². The molecule has 1 fully saturated rings. The Bertz CT molecular complexity index is 961. The summed E-state index contributed by atoms with van der Waals surface area (Å²) in [5.74, 6) is 0.711. The molecule has 0 bridgehead atoms. The Morgan fingerprint density at radius 1 is 0.912 bits per heavy atom. The lowest BCUT2D eigenvalue weighted by atomic mass is 9.88. The minimum atomic E-state index is 0.560. The summed E-state index contributed by atoms with van der Waals surface area (Å²) in [7, 11) is 2.27. The largest absolute Gasteiger partial charge is 0.307 e. The number of aromatic nitrogens is 2. The van der Waals surface area contributed by atoms with Crippen LogP contribution >= 0.6 is 0 Å². The fourth-order valence-corrected chi connectivity index (χ4v) is 5.23. The molecule has 2 atom stereocenters. The van der Waals surface area contributed by atoms with Gasteiger partial charge in [-0.05, 0) is 74.2 Å². The van der Waals surface area contributed by atoms with Crippen molar-refractivity contribution < 1.29 is 0 Å². The first-order valence-corrected chi connectivity index (χ1v) is 12.7. The molecule has 1 aliphatic rings. The summed E-state index contributed by atoms with van der Waals surface area (Å²) in [4.78, 5) is 14.2. The zero-order valence-electron chi connectivity index (χ0n) is 20.7. The first-order chi connectivity index (χ1) is 16.7. The molecule has 1 aliphatic heterocycles. The molecule has 5 heteroatoms. The predicted octanol–water partition coefficient (Wildman–Crippen LogP) is 4.89. The van der Waals surface area contributed by atoms with E-state index >= 15 is 0 Å². The van der Waals surface area contributed by atoms with Crippen LogP contribution in [0.1, 0.15) is 48.7 Å². The van der Waals surface area contributed by atoms with Crippen LogP contribution in [0, 0.1) is 5.92 Å². The van der Waals surface area contributed by atoms with Gasteiger partial charge in [0.05, 0.1) is 11.4 Å². The molecule has 0 aliphatic carbocycles. The maximum atomic E-state index is 4.64. The topological polar surface area (TPSA) is 44.3 Å². The number of likely N-dealkylation sites (tertiary alicyclic amines) is 1. The lowest BCUT2D eigenvalue weighted by Gasteiger charge is -2.41. The molecule has 0 radical (unpaired) electrons. The number of hydrogen-bond acceptors (Lipinski definition) is 5. The van der Waals surface area contributed by atoms with Crippen LogP contribution < -0.4 is 5.32 Å². The SMILES string of the molecule is CCC(C1CCCN(C)C1)N(Cc1ccc(CNCc2ccccn2)cc1)Cc1ccccn1. The van der Waals surface area contributed by atoms with Gasteiger partial charge in [-0.2, -0.15) is 0 Å². The summed E-state index contributed by atoms with van der Waals surface area (Å²) < 4.78 is 0. The van der Waals surface area contributed by atoms with E-state index in [2.05, 4.69) is 81.5 Å². The maximum Gasteiger partial charge on any atom is 0.0544 e. The Labute approximate surface area is 205 Å². The van der Waals surface area contributed by atoms with Crippen LogP contribution in [0.5, 0.6) is 0 Å². The Hall–Kier alpha value is -2.60. The van der Waals surface area contributed by atoms with E-state index in [4.69, 9.17) is 0 Å². The number of rotatable bonds is 11. The molecule has 0 amide bonds. The summed E-state index contributed by atoms with van der Waals surface area (Å²) in [6, 6.07) is 22.0. The van der Waals surface area contributed by atoms with Gasteiger partial charge >= 0.3 is 0 Å². The van der Waals surface area contributed by atoms with Crippen LogP contribution in [0.25, 0.3) is 0 Å². The van der Waals surface area contributed by atoms with Crippen LogP contribution in [0.2, 0.25) is 0 Å². The van der Waals surface area contributed by atoms with E-state index in [1.165, 1.54) is 43.5 Å². The minimum absolute atomic E-state index is 0.560. The van der Waals surface area contributed by atoms with Gasteiger partial charge in [-0.3, -0.25) is 14.9 Å². The molecule has 3 heterocycles. The van der Waals surface area contributed by atoms with E-state index in [9.17, 15) is 0 Å². The van der Waals surface area contributed by atoms with Gasteiger partial charge in [-0.25, -0.2) is 0 Å². The van der Waals surface area contributed by atoms with Crippen LogP contribution in [0.15, 0.2) is 73.1 Å². The van der Waals surface area contributed by atoms with Crippen molar-refractivity contribution >= 4 is 0 Å². The van der Waals surface area contributed by atoms with Gasteiger partial charge in [0.25, 0.3) is 0 Å². The van der Waals surface area contributed by atoms with Crippen LogP contribution in [0.3, 0.4) is 0 Å². The standard InChI is InChI=1S/C29H39N5/c1-3-29(26-9-8-18-33(2)22-26)34(23-28-11-5-7-17-32-28)21-25-14-12-24(13-15-25)19-30-20-27-10-4-6-16-31-27/h4-7,10-17,26,29-30H,3,8-9,18-23H2,1-2H3. The highest BCUT2D eigenvalue weighted by Gasteiger charge is 2.29. The third-order valence-corrected chi connectivity index (χ3v) is 6.95. The van der Waals surface area contributed by atoms with E-state index in [1.54, 1.807) is 0 Å². The quantitative estimate of drug-likeness (QED) is 0.444. The second-order valence-electron chi connectivity index (χ2n) is 9.61. The number of hydrogen-bond donors (Lipinski definition) is 1. The fraction of sp³-hybridized carbons (Fsp3) is 0.448. The third kappa shape index (κ3) is 7.20. The average Bonchev–Trinajstić information content (AvgIpc) is 2.87. The molecule has 34 heavy (non-hydrogen) atoms. The zero-order valence-corrected chi connectivity index (χ0v) is 20.7. The van der Waals surface area contributed by atoms with Gasteiger partial charge in [-0.1, -0.05) is 43.3 Å². The third-order valence-electron chi connectivity index (χ3n) is 6.95.